The number of hydrogen-bond acceptors (Lipinski definition) is 1. The van der Waals surface area contributed by atoms with Crippen molar-refractivity contribution in [2.75, 3.05) is 0 Å². The molecule has 0 atom stereocenters. The molecule has 1 radical (unpaired) electrons. The average Bonchev–Trinajstić information content (AvgIpc) is 2.50. The minimum absolute atomic E-state index is 0.789. The van der Waals surface area contributed by atoms with Crippen LogP contribution in [0.4, 0.5) is 0 Å². The lowest BCUT2D eigenvalue weighted by Gasteiger charge is -1.97. The van der Waals surface area contributed by atoms with E-state index >= 15 is 0 Å². The maximum absolute atomic E-state index is 4.24. The highest BCUT2D eigenvalue weighted by Crippen LogP contribution is 2.10. The number of nitrogens with zero attached hydrogens (tertiary/aromatic N) is 2. The first-order valence-electron chi connectivity index (χ1n) is 3.84. The smallest absolute Gasteiger partial charge is 0.140 e. The Bertz CT molecular complexity index is 401. The number of aromatic nitrogens is 2. The lowest BCUT2D eigenvalue weighted by atomic mass is 10.3. The fourth-order valence-electron chi connectivity index (χ4n) is 1.23. The van der Waals surface area contributed by atoms with E-state index in [2.05, 4.69) is 17.6 Å². The molecule has 2 heteroatoms. The van der Waals surface area contributed by atoms with Gasteiger partial charge in [0.2, 0.25) is 0 Å². The molecule has 0 bridgehead atoms. The minimum Gasteiger partial charge on any atom is -0.328 e. The Labute approximate surface area is 71.2 Å². The molecule has 0 aliphatic carbocycles. The molecule has 0 spiro atoms. The zero-order valence-corrected chi connectivity index (χ0v) is 6.70. The highest BCUT2D eigenvalue weighted by Gasteiger charge is 1.98. The maximum Gasteiger partial charge on any atom is 0.140 e. The second kappa shape index (κ2) is 2.81. The SMILES string of the molecule is C=CCn1c[c]c2cccnc21. The Kier molecular flexibility index (Phi) is 1.67. The largest absolute Gasteiger partial charge is 0.328 e. The van der Waals surface area contributed by atoms with Gasteiger partial charge in [0, 0.05) is 30.4 Å². The third-order valence-corrected chi connectivity index (χ3v) is 1.76. The van der Waals surface area contributed by atoms with Crippen molar-refractivity contribution in [2.45, 2.75) is 6.54 Å². The van der Waals surface area contributed by atoms with E-state index in [1.54, 1.807) is 6.20 Å². The first-order valence-corrected chi connectivity index (χ1v) is 3.84. The quantitative estimate of drug-likeness (QED) is 0.610. The van der Waals surface area contributed by atoms with Crippen LogP contribution in [0.15, 0.2) is 37.2 Å². The molecular formula is C10H9N2. The molecule has 0 aliphatic heterocycles. The normalized spacial score (nSPS) is 10.3. The third-order valence-electron chi connectivity index (χ3n) is 1.76. The third kappa shape index (κ3) is 1.01. The van der Waals surface area contributed by atoms with E-state index in [4.69, 9.17) is 0 Å². The van der Waals surface area contributed by atoms with E-state index in [1.165, 1.54) is 0 Å². The number of allylic oxidation sites excluding steroid dienone is 1. The lowest BCUT2D eigenvalue weighted by Crippen LogP contribution is -1.93. The van der Waals surface area contributed by atoms with Gasteiger partial charge in [0.05, 0.1) is 0 Å². The van der Waals surface area contributed by atoms with E-state index in [9.17, 15) is 0 Å². The molecule has 0 aliphatic rings. The Morgan fingerprint density at radius 1 is 1.67 bits per heavy atom. The molecular weight excluding hydrogens is 148 g/mol. The van der Waals surface area contributed by atoms with Gasteiger partial charge in [0.15, 0.2) is 0 Å². The highest BCUT2D eigenvalue weighted by atomic mass is 15.0. The summed E-state index contributed by atoms with van der Waals surface area (Å²) in [4.78, 5) is 4.24. The molecule has 2 heterocycles. The van der Waals surface area contributed by atoms with Gasteiger partial charge >= 0.3 is 0 Å². The number of fused-ring (bicyclic) bond motifs is 1. The molecule has 0 unspecified atom stereocenters. The minimum atomic E-state index is 0.789. The van der Waals surface area contributed by atoms with Crippen LogP contribution in [-0.2, 0) is 6.54 Å². The van der Waals surface area contributed by atoms with Crippen molar-refractivity contribution < 1.29 is 0 Å². The monoisotopic (exact) mass is 157 g/mol. The molecule has 0 aromatic carbocycles. The Hall–Kier alpha value is -1.57. The van der Waals surface area contributed by atoms with Gasteiger partial charge in [-0.2, -0.15) is 0 Å². The van der Waals surface area contributed by atoms with Crippen molar-refractivity contribution in [1.29, 1.82) is 0 Å². The van der Waals surface area contributed by atoms with Gasteiger partial charge in [-0.05, 0) is 12.1 Å². The molecule has 2 nitrogen and oxygen atoms in total. The molecule has 12 heavy (non-hydrogen) atoms. The predicted molar refractivity (Wildman–Crippen MR) is 48.8 cm³/mol. The molecule has 0 fully saturated rings. The summed E-state index contributed by atoms with van der Waals surface area (Å²) >= 11 is 0. The topological polar surface area (TPSA) is 17.8 Å². The van der Waals surface area contributed by atoms with E-state index in [1.807, 2.05) is 29.0 Å². The van der Waals surface area contributed by atoms with E-state index in [0.717, 1.165) is 17.6 Å². The number of rotatable bonds is 2. The van der Waals surface area contributed by atoms with Gasteiger partial charge in [-0.25, -0.2) is 4.98 Å². The fraction of sp³-hybridized carbons (Fsp3) is 0.100. The zero-order chi connectivity index (χ0) is 8.39. The molecule has 2 aromatic heterocycles. The van der Waals surface area contributed by atoms with Gasteiger partial charge in [0.1, 0.15) is 5.65 Å². The molecule has 0 saturated carbocycles. The molecule has 2 rings (SSSR count). The molecule has 2 aromatic rings. The average molecular weight is 157 g/mol. The Balaban J connectivity index is 2.62. The second-order valence-electron chi connectivity index (χ2n) is 2.59. The van der Waals surface area contributed by atoms with Crippen LogP contribution in [0, 0.1) is 6.07 Å². The van der Waals surface area contributed by atoms with Crippen LogP contribution in [-0.4, -0.2) is 9.55 Å². The lowest BCUT2D eigenvalue weighted by molar-refractivity contribution is 0.851. The van der Waals surface area contributed by atoms with Crippen LogP contribution in [0.25, 0.3) is 11.0 Å². The van der Waals surface area contributed by atoms with Crippen molar-refractivity contribution in [3.63, 3.8) is 0 Å². The van der Waals surface area contributed by atoms with Crippen LogP contribution < -0.4 is 0 Å². The van der Waals surface area contributed by atoms with Crippen molar-refractivity contribution in [3.05, 3.63) is 43.2 Å². The summed E-state index contributed by atoms with van der Waals surface area (Å²) in [5.41, 5.74) is 0.970. The summed E-state index contributed by atoms with van der Waals surface area (Å²) in [6.07, 6.45) is 5.54. The van der Waals surface area contributed by atoms with Crippen molar-refractivity contribution in [2.24, 2.45) is 0 Å². The fourth-order valence-corrected chi connectivity index (χ4v) is 1.23. The summed E-state index contributed by atoms with van der Waals surface area (Å²) < 4.78 is 2.02. The molecule has 0 saturated heterocycles. The highest BCUT2D eigenvalue weighted by molar-refractivity contribution is 5.74. The van der Waals surface area contributed by atoms with E-state index in [0.29, 0.717) is 0 Å². The van der Waals surface area contributed by atoms with E-state index in [-0.39, 0.29) is 0 Å². The van der Waals surface area contributed by atoms with Crippen LogP contribution in [0.1, 0.15) is 0 Å². The summed E-state index contributed by atoms with van der Waals surface area (Å²) in [6.45, 7) is 4.47. The van der Waals surface area contributed by atoms with Crippen LogP contribution in [0.2, 0.25) is 0 Å². The van der Waals surface area contributed by atoms with E-state index < -0.39 is 0 Å². The molecule has 59 valence electrons. The van der Waals surface area contributed by atoms with Crippen molar-refractivity contribution >= 4 is 11.0 Å². The van der Waals surface area contributed by atoms with Crippen molar-refractivity contribution in [3.8, 4) is 0 Å². The Morgan fingerprint density at radius 3 is 3.42 bits per heavy atom. The maximum atomic E-state index is 4.24. The van der Waals surface area contributed by atoms with Gasteiger partial charge < -0.3 is 4.57 Å². The number of hydrogen-bond donors (Lipinski definition) is 0. The standard InChI is InChI=1S/C10H9N2/c1-2-7-12-8-5-9-4-3-6-11-10(9)12/h2-4,6,8H,1,7H2. The molecule has 0 N–H and O–H groups in total. The number of pyridine rings is 1. The van der Waals surface area contributed by atoms with Gasteiger partial charge in [-0.15, -0.1) is 6.58 Å². The summed E-state index contributed by atoms with van der Waals surface area (Å²) in [5, 5.41) is 1.05. The summed E-state index contributed by atoms with van der Waals surface area (Å²) in [6, 6.07) is 7.04. The Morgan fingerprint density at radius 2 is 2.58 bits per heavy atom. The first-order chi connectivity index (χ1) is 5.92. The van der Waals surface area contributed by atoms with Gasteiger partial charge in [0.25, 0.3) is 0 Å². The van der Waals surface area contributed by atoms with Gasteiger partial charge in [-0.3, -0.25) is 0 Å². The van der Waals surface area contributed by atoms with Crippen LogP contribution in [0.3, 0.4) is 0 Å². The van der Waals surface area contributed by atoms with Gasteiger partial charge in [-0.1, -0.05) is 6.08 Å². The van der Waals surface area contributed by atoms with Crippen molar-refractivity contribution in [1.82, 2.24) is 9.55 Å². The summed E-state index contributed by atoms with van der Waals surface area (Å²) in [7, 11) is 0. The first kappa shape index (κ1) is 7.10. The van der Waals surface area contributed by atoms with Crippen LogP contribution >= 0.6 is 0 Å². The summed E-state index contributed by atoms with van der Waals surface area (Å²) in [5.74, 6) is 0. The zero-order valence-electron chi connectivity index (χ0n) is 6.70. The predicted octanol–water partition coefficient (Wildman–Crippen LogP) is 2.02. The second-order valence-corrected chi connectivity index (χ2v) is 2.59. The molecule has 0 amide bonds. The van der Waals surface area contributed by atoms with Crippen LogP contribution in [0.5, 0.6) is 0 Å².